The first-order valence-corrected chi connectivity index (χ1v) is 8.04. The highest BCUT2D eigenvalue weighted by molar-refractivity contribution is 6.42. The standard InChI is InChI=1S/C16H23Cl2NO/c1-4-16(3)10-13(7-8-20-16)19-11(2)12-5-6-14(17)15(18)9-12/h5-6,9,11,13,19H,4,7-8,10H2,1-3H3. The molecule has 2 rings (SSSR count). The van der Waals surface area contributed by atoms with E-state index in [2.05, 4.69) is 26.1 Å². The van der Waals surface area contributed by atoms with Gasteiger partial charge in [0.25, 0.3) is 0 Å². The minimum absolute atomic E-state index is 0.00722. The van der Waals surface area contributed by atoms with Crippen LogP contribution < -0.4 is 5.32 Å². The number of benzene rings is 1. The minimum Gasteiger partial charge on any atom is -0.375 e. The van der Waals surface area contributed by atoms with Gasteiger partial charge in [-0.05, 0) is 50.8 Å². The molecule has 1 saturated heterocycles. The molecule has 0 bridgehead atoms. The summed E-state index contributed by atoms with van der Waals surface area (Å²) in [6.45, 7) is 7.38. The molecule has 0 saturated carbocycles. The van der Waals surface area contributed by atoms with Gasteiger partial charge in [-0.3, -0.25) is 0 Å². The van der Waals surface area contributed by atoms with Crippen LogP contribution in [0.4, 0.5) is 0 Å². The summed E-state index contributed by atoms with van der Waals surface area (Å²) in [5.74, 6) is 0. The summed E-state index contributed by atoms with van der Waals surface area (Å²) in [6, 6.07) is 6.58. The molecule has 1 aliphatic heterocycles. The number of ether oxygens (including phenoxy) is 1. The zero-order valence-electron chi connectivity index (χ0n) is 12.4. The molecule has 3 unspecified atom stereocenters. The molecular formula is C16H23Cl2NO. The molecule has 1 aliphatic rings. The lowest BCUT2D eigenvalue weighted by atomic mass is 9.89. The third kappa shape index (κ3) is 3.88. The van der Waals surface area contributed by atoms with Gasteiger partial charge in [0.05, 0.1) is 15.6 Å². The number of nitrogens with one attached hydrogen (secondary N) is 1. The van der Waals surface area contributed by atoms with Crippen molar-refractivity contribution >= 4 is 23.2 Å². The van der Waals surface area contributed by atoms with Crippen LogP contribution in [-0.2, 0) is 4.74 Å². The molecule has 1 aromatic rings. The first kappa shape index (κ1) is 16.1. The topological polar surface area (TPSA) is 21.3 Å². The highest BCUT2D eigenvalue weighted by Gasteiger charge is 2.32. The van der Waals surface area contributed by atoms with Crippen LogP contribution in [0.15, 0.2) is 18.2 Å². The van der Waals surface area contributed by atoms with E-state index in [1.165, 1.54) is 5.56 Å². The van der Waals surface area contributed by atoms with Crippen LogP contribution >= 0.6 is 23.2 Å². The Balaban J connectivity index is 2.00. The second kappa shape index (κ2) is 6.65. The lowest BCUT2D eigenvalue weighted by Crippen LogP contribution is -2.45. The average Bonchev–Trinajstić information content (AvgIpc) is 2.42. The molecule has 0 aromatic heterocycles. The Labute approximate surface area is 131 Å². The molecule has 3 atom stereocenters. The van der Waals surface area contributed by atoms with Crippen molar-refractivity contribution < 1.29 is 4.74 Å². The maximum absolute atomic E-state index is 6.09. The van der Waals surface area contributed by atoms with Gasteiger partial charge in [-0.15, -0.1) is 0 Å². The second-order valence-electron chi connectivity index (χ2n) is 5.90. The lowest BCUT2D eigenvalue weighted by Gasteiger charge is -2.39. The summed E-state index contributed by atoms with van der Waals surface area (Å²) < 4.78 is 5.89. The fourth-order valence-corrected chi connectivity index (χ4v) is 3.06. The van der Waals surface area contributed by atoms with E-state index in [0.29, 0.717) is 16.1 Å². The van der Waals surface area contributed by atoms with Crippen LogP contribution in [-0.4, -0.2) is 18.2 Å². The monoisotopic (exact) mass is 315 g/mol. The molecule has 0 aliphatic carbocycles. The van der Waals surface area contributed by atoms with E-state index in [9.17, 15) is 0 Å². The fraction of sp³-hybridized carbons (Fsp3) is 0.625. The number of rotatable bonds is 4. The Morgan fingerprint density at radius 1 is 1.40 bits per heavy atom. The Morgan fingerprint density at radius 3 is 2.80 bits per heavy atom. The highest BCUT2D eigenvalue weighted by atomic mass is 35.5. The summed E-state index contributed by atoms with van der Waals surface area (Å²) in [5.41, 5.74) is 1.18. The zero-order valence-corrected chi connectivity index (χ0v) is 13.9. The van der Waals surface area contributed by atoms with Gasteiger partial charge in [0.1, 0.15) is 0 Å². The van der Waals surface area contributed by atoms with Gasteiger partial charge in [-0.2, -0.15) is 0 Å². The average molecular weight is 316 g/mol. The molecule has 2 nitrogen and oxygen atoms in total. The van der Waals surface area contributed by atoms with E-state index < -0.39 is 0 Å². The molecular weight excluding hydrogens is 293 g/mol. The van der Waals surface area contributed by atoms with Gasteiger partial charge in [0.2, 0.25) is 0 Å². The van der Waals surface area contributed by atoms with Crippen molar-refractivity contribution in [1.29, 1.82) is 0 Å². The molecule has 1 heterocycles. The van der Waals surface area contributed by atoms with Crippen LogP contribution in [0.25, 0.3) is 0 Å². The molecule has 0 amide bonds. The Hall–Kier alpha value is -0.280. The largest absolute Gasteiger partial charge is 0.375 e. The normalized spacial score (nSPS) is 28.4. The van der Waals surface area contributed by atoms with Crippen LogP contribution in [0, 0.1) is 0 Å². The summed E-state index contributed by atoms with van der Waals surface area (Å²) in [6.07, 6.45) is 3.16. The van der Waals surface area contributed by atoms with E-state index in [0.717, 1.165) is 25.9 Å². The van der Waals surface area contributed by atoms with Gasteiger partial charge in [-0.25, -0.2) is 0 Å². The molecule has 1 N–H and O–H groups in total. The van der Waals surface area contributed by atoms with Crippen molar-refractivity contribution in [2.24, 2.45) is 0 Å². The first-order chi connectivity index (χ1) is 9.43. The zero-order chi connectivity index (χ0) is 14.8. The number of hydrogen-bond donors (Lipinski definition) is 1. The predicted octanol–water partition coefficient (Wildman–Crippen LogP) is 4.99. The van der Waals surface area contributed by atoms with E-state index in [-0.39, 0.29) is 11.6 Å². The van der Waals surface area contributed by atoms with Crippen LogP contribution in [0.2, 0.25) is 10.0 Å². The SMILES string of the molecule is CCC1(C)CC(NC(C)c2ccc(Cl)c(Cl)c2)CCO1. The van der Waals surface area contributed by atoms with Crippen LogP contribution in [0.1, 0.15) is 51.6 Å². The fourth-order valence-electron chi connectivity index (χ4n) is 2.75. The summed E-state index contributed by atoms with van der Waals surface area (Å²) in [7, 11) is 0. The second-order valence-corrected chi connectivity index (χ2v) is 6.72. The number of hydrogen-bond acceptors (Lipinski definition) is 2. The summed E-state index contributed by atoms with van der Waals surface area (Å²) >= 11 is 12.1. The molecule has 0 radical (unpaired) electrons. The molecule has 1 fully saturated rings. The van der Waals surface area contributed by atoms with E-state index in [1.807, 2.05) is 18.2 Å². The molecule has 20 heavy (non-hydrogen) atoms. The van der Waals surface area contributed by atoms with Crippen molar-refractivity contribution in [3.8, 4) is 0 Å². The van der Waals surface area contributed by atoms with Gasteiger partial charge >= 0.3 is 0 Å². The van der Waals surface area contributed by atoms with Crippen LogP contribution in [0.3, 0.4) is 0 Å². The number of halogens is 2. The van der Waals surface area contributed by atoms with Crippen molar-refractivity contribution in [2.45, 2.75) is 57.7 Å². The molecule has 1 aromatic carbocycles. The minimum atomic E-state index is 0.00722. The van der Waals surface area contributed by atoms with Gasteiger partial charge in [0.15, 0.2) is 0 Å². The first-order valence-electron chi connectivity index (χ1n) is 7.28. The Kier molecular flexibility index (Phi) is 5.36. The molecule has 112 valence electrons. The predicted molar refractivity (Wildman–Crippen MR) is 85.7 cm³/mol. The third-order valence-electron chi connectivity index (χ3n) is 4.27. The van der Waals surface area contributed by atoms with E-state index in [4.69, 9.17) is 27.9 Å². The van der Waals surface area contributed by atoms with Gasteiger partial charge < -0.3 is 10.1 Å². The van der Waals surface area contributed by atoms with Gasteiger partial charge in [0, 0.05) is 18.7 Å². The molecule has 0 spiro atoms. The maximum atomic E-state index is 6.09. The van der Waals surface area contributed by atoms with Crippen molar-refractivity contribution in [1.82, 2.24) is 5.32 Å². The maximum Gasteiger partial charge on any atom is 0.0666 e. The van der Waals surface area contributed by atoms with Crippen molar-refractivity contribution in [2.75, 3.05) is 6.61 Å². The Morgan fingerprint density at radius 2 is 2.15 bits per heavy atom. The smallest absolute Gasteiger partial charge is 0.0666 e. The van der Waals surface area contributed by atoms with Gasteiger partial charge in [-0.1, -0.05) is 36.2 Å². The quantitative estimate of drug-likeness (QED) is 0.845. The van der Waals surface area contributed by atoms with Crippen molar-refractivity contribution in [3.05, 3.63) is 33.8 Å². The Bertz CT molecular complexity index is 466. The summed E-state index contributed by atoms with van der Waals surface area (Å²) in [5, 5.41) is 4.91. The summed E-state index contributed by atoms with van der Waals surface area (Å²) in [4.78, 5) is 0. The van der Waals surface area contributed by atoms with Crippen molar-refractivity contribution in [3.63, 3.8) is 0 Å². The highest BCUT2D eigenvalue weighted by Crippen LogP contribution is 2.30. The van der Waals surface area contributed by atoms with E-state index in [1.54, 1.807) is 0 Å². The molecule has 4 heteroatoms. The third-order valence-corrected chi connectivity index (χ3v) is 5.01. The lowest BCUT2D eigenvalue weighted by molar-refractivity contribution is -0.0789. The van der Waals surface area contributed by atoms with E-state index >= 15 is 0 Å². The van der Waals surface area contributed by atoms with Crippen LogP contribution in [0.5, 0.6) is 0 Å².